The predicted octanol–water partition coefficient (Wildman–Crippen LogP) is 4.74. The summed E-state index contributed by atoms with van der Waals surface area (Å²) in [6.07, 6.45) is 4.49. The molecule has 0 radical (unpaired) electrons. The Morgan fingerprint density at radius 3 is 2.69 bits per heavy atom. The summed E-state index contributed by atoms with van der Waals surface area (Å²) in [7, 11) is 2.14. The Kier molecular flexibility index (Phi) is 8.49. The van der Waals surface area contributed by atoms with Crippen LogP contribution in [0.25, 0.3) is 10.8 Å². The van der Waals surface area contributed by atoms with E-state index in [9.17, 15) is 9.18 Å². The maximum absolute atomic E-state index is 12.6. The van der Waals surface area contributed by atoms with E-state index in [0.717, 1.165) is 71.0 Å². The van der Waals surface area contributed by atoms with Gasteiger partial charge in [0.15, 0.2) is 0 Å². The summed E-state index contributed by atoms with van der Waals surface area (Å²) in [6, 6.07) is 12.7. The van der Waals surface area contributed by atoms with Crippen LogP contribution in [0.1, 0.15) is 24.6 Å². The molecule has 2 fully saturated rings. The van der Waals surface area contributed by atoms with E-state index in [4.69, 9.17) is 26.3 Å². The lowest BCUT2D eigenvalue weighted by molar-refractivity contribution is -0.128. The summed E-state index contributed by atoms with van der Waals surface area (Å²) in [5, 5.41) is 2.91. The molecule has 0 spiro atoms. The first-order chi connectivity index (χ1) is 20.4. The van der Waals surface area contributed by atoms with E-state index in [1.165, 1.54) is 12.2 Å². The fraction of sp³-hybridized carbons (Fsp3) is 0.469. The Morgan fingerprint density at radius 2 is 1.93 bits per heavy atom. The van der Waals surface area contributed by atoms with Gasteiger partial charge in [0.2, 0.25) is 5.91 Å². The zero-order chi connectivity index (χ0) is 29.2. The number of carbonyl (C=O) groups is 1. The molecule has 2 atom stereocenters. The first-order valence-electron chi connectivity index (χ1n) is 14.8. The molecular weight excluding hydrogens is 555 g/mol. The Bertz CT molecular complexity index is 1480. The number of likely N-dealkylation sites (tertiary alicyclic amines) is 1. The van der Waals surface area contributed by atoms with Crippen LogP contribution in [0.2, 0.25) is 5.02 Å². The Hall–Kier alpha value is -3.43. The van der Waals surface area contributed by atoms with Gasteiger partial charge in [0.25, 0.3) is 0 Å². The summed E-state index contributed by atoms with van der Waals surface area (Å²) in [4.78, 5) is 31.3. The third kappa shape index (κ3) is 5.90. The van der Waals surface area contributed by atoms with Crippen molar-refractivity contribution in [2.24, 2.45) is 5.92 Å². The molecule has 3 aliphatic heterocycles. The number of anilines is 2. The van der Waals surface area contributed by atoms with Gasteiger partial charge in [-0.05, 0) is 57.0 Å². The van der Waals surface area contributed by atoms with Crippen LogP contribution in [0.5, 0.6) is 6.01 Å². The average Bonchev–Trinajstić information content (AvgIpc) is 3.42. The van der Waals surface area contributed by atoms with Crippen LogP contribution in [0.15, 0.2) is 48.6 Å². The molecule has 2 saturated heterocycles. The quantitative estimate of drug-likeness (QED) is 0.367. The Balaban J connectivity index is 1.29. The van der Waals surface area contributed by atoms with E-state index in [1.54, 1.807) is 4.90 Å². The van der Waals surface area contributed by atoms with Gasteiger partial charge in [0.05, 0.1) is 23.9 Å². The number of carbonyl (C=O) groups excluding carboxylic acids is 1. The summed E-state index contributed by atoms with van der Waals surface area (Å²) in [6.45, 7) is 7.31. The minimum Gasteiger partial charge on any atom is -0.463 e. The topological polar surface area (TPSA) is 65.0 Å². The molecule has 1 amide bonds. The number of aromatic nitrogens is 2. The monoisotopic (exact) mass is 592 g/mol. The normalized spacial score (nSPS) is 21.4. The van der Waals surface area contributed by atoms with Crippen molar-refractivity contribution < 1.29 is 13.9 Å². The van der Waals surface area contributed by atoms with Gasteiger partial charge in [-0.25, -0.2) is 4.39 Å². The van der Waals surface area contributed by atoms with Crippen molar-refractivity contribution in [3.05, 3.63) is 64.8 Å². The smallest absolute Gasteiger partial charge is 0.318 e. The third-order valence-electron chi connectivity index (χ3n) is 8.69. The van der Waals surface area contributed by atoms with Crippen LogP contribution in [-0.2, 0) is 17.8 Å². The lowest BCUT2D eigenvalue weighted by Crippen LogP contribution is -2.54. The number of halogens is 2. The number of ether oxygens (including phenoxy) is 1. The molecule has 0 unspecified atom stereocenters. The van der Waals surface area contributed by atoms with E-state index in [2.05, 4.69) is 46.0 Å². The van der Waals surface area contributed by atoms with E-state index in [1.807, 2.05) is 19.1 Å². The first kappa shape index (κ1) is 28.7. The van der Waals surface area contributed by atoms with Crippen LogP contribution in [0.4, 0.5) is 15.9 Å². The summed E-state index contributed by atoms with van der Waals surface area (Å²) in [5.41, 5.74) is 3.20. The number of hydrogen-bond acceptors (Lipinski definition) is 7. The number of benzene rings is 2. The Morgan fingerprint density at radius 1 is 1.10 bits per heavy atom. The number of allylic oxidation sites excluding steroid dienone is 1. The van der Waals surface area contributed by atoms with Crippen molar-refractivity contribution in [2.75, 3.05) is 69.4 Å². The zero-order valence-electron chi connectivity index (χ0n) is 24.3. The molecule has 222 valence electrons. The molecule has 0 N–H and O–H groups in total. The van der Waals surface area contributed by atoms with Crippen LogP contribution < -0.4 is 14.5 Å². The molecule has 4 heterocycles. The molecule has 42 heavy (non-hydrogen) atoms. The van der Waals surface area contributed by atoms with Crippen molar-refractivity contribution in [1.82, 2.24) is 19.8 Å². The van der Waals surface area contributed by atoms with Crippen LogP contribution >= 0.6 is 11.6 Å². The lowest BCUT2D eigenvalue weighted by atomic mass is 10.0. The fourth-order valence-corrected chi connectivity index (χ4v) is 6.81. The van der Waals surface area contributed by atoms with Gasteiger partial charge in [-0.2, -0.15) is 9.97 Å². The number of nitrogens with zero attached hydrogens (tertiary/aromatic N) is 6. The first-order valence-corrected chi connectivity index (χ1v) is 15.2. The highest BCUT2D eigenvalue weighted by atomic mass is 35.5. The van der Waals surface area contributed by atoms with Crippen molar-refractivity contribution in [3.63, 3.8) is 0 Å². The van der Waals surface area contributed by atoms with Gasteiger partial charge >= 0.3 is 6.01 Å². The molecule has 0 bridgehead atoms. The molecule has 10 heteroatoms. The lowest BCUT2D eigenvalue weighted by Gasteiger charge is -2.41. The molecule has 2 aromatic carbocycles. The highest BCUT2D eigenvalue weighted by Gasteiger charge is 2.32. The minimum atomic E-state index is -0.644. The second-order valence-electron chi connectivity index (χ2n) is 11.7. The standard InChI is InChI=1S/C32H38ClFN6O2/c1-22-18-39(16-17-40(22)29(41)10-5-13-34)31-25-12-15-38(28-9-4-7-24-6-3-8-26(33)30(24)28)20-27(25)35-32(36-31)42-21-23-11-14-37(2)19-23/h3-10,22-23H,11-21H2,1-2H3/b10-5+/t22-,23+/m0/s1. The van der Waals surface area contributed by atoms with E-state index in [0.29, 0.717) is 44.7 Å². The summed E-state index contributed by atoms with van der Waals surface area (Å²) in [5.74, 6) is 1.20. The van der Waals surface area contributed by atoms with Crippen LogP contribution in [0, 0.1) is 5.92 Å². The number of alkyl halides is 1. The van der Waals surface area contributed by atoms with Crippen molar-refractivity contribution in [1.29, 1.82) is 0 Å². The van der Waals surface area contributed by atoms with E-state index < -0.39 is 6.67 Å². The SMILES string of the molecule is C[C@H]1CN(c2nc(OC[C@@H]3CCN(C)C3)nc3c2CCN(c2cccc4cccc(Cl)c24)C3)CCN1C(=O)/C=C/CF. The molecule has 1 aromatic heterocycles. The average molecular weight is 593 g/mol. The molecular formula is C32H38ClFN6O2. The second kappa shape index (κ2) is 12.4. The summed E-state index contributed by atoms with van der Waals surface area (Å²) >= 11 is 6.69. The number of hydrogen-bond donors (Lipinski definition) is 0. The third-order valence-corrected chi connectivity index (χ3v) is 9.01. The van der Waals surface area contributed by atoms with Gasteiger partial charge in [-0.15, -0.1) is 0 Å². The Labute approximate surface area is 251 Å². The van der Waals surface area contributed by atoms with Gasteiger partial charge in [-0.3, -0.25) is 4.79 Å². The number of piperazine rings is 1. The fourth-order valence-electron chi connectivity index (χ4n) is 6.53. The van der Waals surface area contributed by atoms with E-state index >= 15 is 0 Å². The largest absolute Gasteiger partial charge is 0.463 e. The minimum absolute atomic E-state index is 0.0440. The maximum Gasteiger partial charge on any atom is 0.318 e. The molecule has 6 rings (SSSR count). The highest BCUT2D eigenvalue weighted by Crippen LogP contribution is 2.37. The van der Waals surface area contributed by atoms with Gasteiger partial charge in [0.1, 0.15) is 12.5 Å². The van der Waals surface area contributed by atoms with Crippen LogP contribution in [0.3, 0.4) is 0 Å². The molecule has 0 saturated carbocycles. The molecule has 0 aliphatic carbocycles. The summed E-state index contributed by atoms with van der Waals surface area (Å²) < 4.78 is 18.9. The van der Waals surface area contributed by atoms with Gasteiger partial charge in [0, 0.05) is 67.4 Å². The van der Waals surface area contributed by atoms with Crippen molar-refractivity contribution >= 4 is 39.8 Å². The number of rotatable bonds is 7. The zero-order valence-corrected chi connectivity index (χ0v) is 25.1. The highest BCUT2D eigenvalue weighted by molar-refractivity contribution is 6.36. The van der Waals surface area contributed by atoms with E-state index in [-0.39, 0.29) is 11.9 Å². The molecule has 3 aliphatic rings. The van der Waals surface area contributed by atoms with Crippen molar-refractivity contribution in [2.45, 2.75) is 32.4 Å². The van der Waals surface area contributed by atoms with Gasteiger partial charge in [-0.1, -0.05) is 35.9 Å². The maximum atomic E-state index is 12.6. The number of fused-ring (bicyclic) bond motifs is 2. The molecule has 8 nitrogen and oxygen atoms in total. The molecule has 3 aromatic rings. The predicted molar refractivity (Wildman–Crippen MR) is 165 cm³/mol. The van der Waals surface area contributed by atoms with Crippen molar-refractivity contribution in [3.8, 4) is 6.01 Å². The van der Waals surface area contributed by atoms with Gasteiger partial charge < -0.3 is 24.3 Å². The second-order valence-corrected chi connectivity index (χ2v) is 12.1. The number of amides is 1. The van der Waals surface area contributed by atoms with Crippen LogP contribution in [-0.4, -0.2) is 91.3 Å².